The molecule has 0 aromatic carbocycles. The molecular formula is C8H17NO. The first-order valence-electron chi connectivity index (χ1n) is 3.71. The predicted octanol–water partition coefficient (Wildman–Crippen LogP) is 0.921. The highest BCUT2D eigenvalue weighted by atomic mass is 16.3. The summed E-state index contributed by atoms with van der Waals surface area (Å²) in [5.74, 6) is 0. The summed E-state index contributed by atoms with van der Waals surface area (Å²) in [6.07, 6.45) is 3.29. The first kappa shape index (κ1) is 9.66. The van der Waals surface area contributed by atoms with E-state index in [9.17, 15) is 0 Å². The van der Waals surface area contributed by atoms with Crippen molar-refractivity contribution in [1.82, 2.24) is 5.32 Å². The van der Waals surface area contributed by atoms with E-state index in [2.05, 4.69) is 19.2 Å². The Kier molecular flexibility index (Phi) is 5.26. The number of hydrogen-bond donors (Lipinski definition) is 2. The summed E-state index contributed by atoms with van der Waals surface area (Å²) in [5.41, 5.74) is 0. The highest BCUT2D eigenvalue weighted by molar-refractivity contribution is 4.86. The van der Waals surface area contributed by atoms with E-state index in [1.807, 2.05) is 13.0 Å². The van der Waals surface area contributed by atoms with Crippen molar-refractivity contribution in [2.75, 3.05) is 6.54 Å². The van der Waals surface area contributed by atoms with Crippen molar-refractivity contribution in [2.24, 2.45) is 0 Å². The topological polar surface area (TPSA) is 32.3 Å². The van der Waals surface area contributed by atoms with Gasteiger partial charge < -0.3 is 10.4 Å². The minimum absolute atomic E-state index is 0.340. The second-order valence-corrected chi connectivity index (χ2v) is 2.66. The lowest BCUT2D eigenvalue weighted by molar-refractivity contribution is 0.215. The third-order valence-corrected chi connectivity index (χ3v) is 1.15. The Morgan fingerprint density at radius 1 is 1.50 bits per heavy atom. The summed E-state index contributed by atoms with van der Waals surface area (Å²) in [6.45, 7) is 6.66. The van der Waals surface area contributed by atoms with Gasteiger partial charge in [0.15, 0.2) is 0 Å². The second-order valence-electron chi connectivity index (χ2n) is 2.66. The van der Waals surface area contributed by atoms with Gasteiger partial charge in [-0.1, -0.05) is 26.0 Å². The van der Waals surface area contributed by atoms with Crippen LogP contribution in [-0.2, 0) is 0 Å². The Balaban J connectivity index is 3.30. The number of nitrogens with one attached hydrogen (secondary N) is 1. The largest absolute Gasteiger partial charge is 0.388 e. The number of aliphatic hydroxyl groups excluding tert-OH is 1. The molecule has 2 N–H and O–H groups in total. The summed E-state index contributed by atoms with van der Waals surface area (Å²) >= 11 is 0. The molecule has 1 atom stereocenters. The van der Waals surface area contributed by atoms with Crippen LogP contribution in [0.1, 0.15) is 20.8 Å². The summed E-state index contributed by atoms with van der Waals surface area (Å²) in [6, 6.07) is 0.444. The standard InChI is InChI=1S/C8H17NO/c1-4-5-8(10)6-9-7(2)3/h4-5,7-10H,6H2,1-3H3/b5-4+/t8-/m1/s1. The van der Waals surface area contributed by atoms with Crippen LogP contribution >= 0.6 is 0 Å². The summed E-state index contributed by atoms with van der Waals surface area (Å²) in [5, 5.41) is 12.3. The van der Waals surface area contributed by atoms with E-state index in [0.29, 0.717) is 12.6 Å². The van der Waals surface area contributed by atoms with Crippen molar-refractivity contribution in [2.45, 2.75) is 32.9 Å². The van der Waals surface area contributed by atoms with Crippen LogP contribution < -0.4 is 5.32 Å². The number of allylic oxidation sites excluding steroid dienone is 1. The van der Waals surface area contributed by atoms with Gasteiger partial charge in [-0.2, -0.15) is 0 Å². The van der Waals surface area contributed by atoms with Crippen molar-refractivity contribution in [1.29, 1.82) is 0 Å². The molecule has 0 aliphatic rings. The van der Waals surface area contributed by atoms with Crippen molar-refractivity contribution < 1.29 is 5.11 Å². The average Bonchev–Trinajstić information content (AvgIpc) is 1.85. The molecule has 0 radical (unpaired) electrons. The van der Waals surface area contributed by atoms with Gasteiger partial charge in [0.25, 0.3) is 0 Å². The smallest absolute Gasteiger partial charge is 0.0845 e. The molecule has 0 saturated heterocycles. The summed E-state index contributed by atoms with van der Waals surface area (Å²) in [4.78, 5) is 0. The van der Waals surface area contributed by atoms with E-state index in [4.69, 9.17) is 5.11 Å². The molecule has 10 heavy (non-hydrogen) atoms. The predicted molar refractivity (Wildman–Crippen MR) is 44.0 cm³/mol. The van der Waals surface area contributed by atoms with Crippen LogP contribution in [0.15, 0.2) is 12.2 Å². The van der Waals surface area contributed by atoms with Crippen LogP contribution in [-0.4, -0.2) is 23.8 Å². The van der Waals surface area contributed by atoms with Crippen LogP contribution in [0.4, 0.5) is 0 Å². The Bertz CT molecular complexity index is 99.4. The van der Waals surface area contributed by atoms with Gasteiger partial charge in [0.05, 0.1) is 6.10 Å². The molecular weight excluding hydrogens is 126 g/mol. The Hall–Kier alpha value is -0.340. The monoisotopic (exact) mass is 143 g/mol. The minimum atomic E-state index is -0.340. The lowest BCUT2D eigenvalue weighted by Gasteiger charge is -2.09. The maximum Gasteiger partial charge on any atom is 0.0845 e. The Morgan fingerprint density at radius 2 is 2.10 bits per heavy atom. The third-order valence-electron chi connectivity index (χ3n) is 1.15. The zero-order valence-electron chi connectivity index (χ0n) is 6.96. The van der Waals surface area contributed by atoms with Crippen molar-refractivity contribution in [3.63, 3.8) is 0 Å². The maximum atomic E-state index is 9.15. The highest BCUT2D eigenvalue weighted by Crippen LogP contribution is 1.84. The van der Waals surface area contributed by atoms with Crippen LogP contribution in [0.25, 0.3) is 0 Å². The first-order chi connectivity index (χ1) is 4.66. The van der Waals surface area contributed by atoms with Crippen LogP contribution in [0.5, 0.6) is 0 Å². The summed E-state index contributed by atoms with van der Waals surface area (Å²) < 4.78 is 0. The molecule has 60 valence electrons. The van der Waals surface area contributed by atoms with Gasteiger partial charge in [0.1, 0.15) is 0 Å². The Morgan fingerprint density at radius 3 is 2.50 bits per heavy atom. The van der Waals surface area contributed by atoms with E-state index < -0.39 is 0 Å². The molecule has 0 aliphatic heterocycles. The van der Waals surface area contributed by atoms with Gasteiger partial charge in [-0.3, -0.25) is 0 Å². The maximum absolute atomic E-state index is 9.15. The molecule has 2 nitrogen and oxygen atoms in total. The van der Waals surface area contributed by atoms with E-state index in [1.54, 1.807) is 6.08 Å². The van der Waals surface area contributed by atoms with Gasteiger partial charge >= 0.3 is 0 Å². The molecule has 0 amide bonds. The van der Waals surface area contributed by atoms with Gasteiger partial charge in [-0.15, -0.1) is 0 Å². The molecule has 0 aromatic heterocycles. The van der Waals surface area contributed by atoms with Gasteiger partial charge in [-0.25, -0.2) is 0 Å². The fourth-order valence-corrected chi connectivity index (χ4v) is 0.647. The first-order valence-corrected chi connectivity index (χ1v) is 3.71. The molecule has 0 saturated carbocycles. The summed E-state index contributed by atoms with van der Waals surface area (Å²) in [7, 11) is 0. The molecule has 0 unspecified atom stereocenters. The average molecular weight is 143 g/mol. The lowest BCUT2D eigenvalue weighted by Crippen LogP contribution is -2.30. The zero-order chi connectivity index (χ0) is 7.98. The fraction of sp³-hybridized carbons (Fsp3) is 0.750. The van der Waals surface area contributed by atoms with Crippen LogP contribution in [0.3, 0.4) is 0 Å². The molecule has 2 heteroatoms. The Labute approximate surface area is 62.9 Å². The zero-order valence-corrected chi connectivity index (χ0v) is 6.96. The molecule has 0 spiro atoms. The second kappa shape index (κ2) is 5.45. The van der Waals surface area contributed by atoms with E-state index in [-0.39, 0.29) is 6.10 Å². The van der Waals surface area contributed by atoms with Crippen molar-refractivity contribution in [3.05, 3.63) is 12.2 Å². The highest BCUT2D eigenvalue weighted by Gasteiger charge is 1.97. The van der Waals surface area contributed by atoms with Crippen LogP contribution in [0.2, 0.25) is 0 Å². The molecule has 0 fully saturated rings. The molecule has 0 aliphatic carbocycles. The molecule has 0 rings (SSSR count). The SMILES string of the molecule is C/C=C/[C@@H](O)CNC(C)C. The minimum Gasteiger partial charge on any atom is -0.388 e. The molecule has 0 aromatic rings. The molecule has 0 heterocycles. The number of hydrogen-bond acceptors (Lipinski definition) is 2. The quantitative estimate of drug-likeness (QED) is 0.574. The third kappa shape index (κ3) is 5.79. The van der Waals surface area contributed by atoms with E-state index in [0.717, 1.165) is 0 Å². The van der Waals surface area contributed by atoms with E-state index in [1.165, 1.54) is 0 Å². The van der Waals surface area contributed by atoms with Crippen LogP contribution in [0, 0.1) is 0 Å². The number of aliphatic hydroxyl groups is 1. The van der Waals surface area contributed by atoms with Gasteiger partial charge in [0.2, 0.25) is 0 Å². The lowest BCUT2D eigenvalue weighted by atomic mass is 10.3. The van der Waals surface area contributed by atoms with Gasteiger partial charge in [0, 0.05) is 12.6 Å². The fourth-order valence-electron chi connectivity index (χ4n) is 0.647. The number of rotatable bonds is 4. The van der Waals surface area contributed by atoms with E-state index >= 15 is 0 Å². The normalized spacial score (nSPS) is 14.9. The molecule has 0 bridgehead atoms. The van der Waals surface area contributed by atoms with Crippen molar-refractivity contribution in [3.8, 4) is 0 Å². The van der Waals surface area contributed by atoms with Gasteiger partial charge in [-0.05, 0) is 6.92 Å². The van der Waals surface area contributed by atoms with Crippen molar-refractivity contribution >= 4 is 0 Å².